The van der Waals surface area contributed by atoms with Gasteiger partial charge >= 0.3 is 0 Å². The van der Waals surface area contributed by atoms with Crippen molar-refractivity contribution in [2.24, 2.45) is 0 Å². The van der Waals surface area contributed by atoms with Gasteiger partial charge in [0.1, 0.15) is 11.2 Å². The third-order valence-corrected chi connectivity index (χ3v) is 4.55. The average Bonchev–Trinajstić information content (AvgIpc) is 2.62. The van der Waals surface area contributed by atoms with Gasteiger partial charge in [0.05, 0.1) is 0 Å². The molecule has 0 bridgehead atoms. The number of hydrogen-bond acceptors (Lipinski definition) is 4. The van der Waals surface area contributed by atoms with Crippen molar-refractivity contribution >= 4 is 23.4 Å². The van der Waals surface area contributed by atoms with Crippen LogP contribution < -0.4 is 10.5 Å². The fraction of sp³-hybridized carbons (Fsp3) is 0.211. The number of carbonyl (C=O) groups is 1. The standard InChI is InChI=1S/C19H17N3O2/c1-13-6-4-11-22-17(13)20-18(15(12-23)19(22)24)21-10-5-8-14-7-2-3-9-16(14)21/h2-4,6-7,9,11-12H,5,8,10H2,1H3. The third kappa shape index (κ3) is 2.12. The number of anilines is 2. The zero-order valence-electron chi connectivity index (χ0n) is 13.4. The third-order valence-electron chi connectivity index (χ3n) is 4.55. The molecule has 0 aliphatic carbocycles. The number of pyridine rings is 1. The highest BCUT2D eigenvalue weighted by Crippen LogP contribution is 2.33. The topological polar surface area (TPSA) is 54.7 Å². The molecule has 24 heavy (non-hydrogen) atoms. The summed E-state index contributed by atoms with van der Waals surface area (Å²) in [5.41, 5.74) is 3.51. The van der Waals surface area contributed by atoms with Crippen molar-refractivity contribution in [2.75, 3.05) is 11.4 Å². The van der Waals surface area contributed by atoms with Gasteiger partial charge in [-0.25, -0.2) is 4.98 Å². The summed E-state index contributed by atoms with van der Waals surface area (Å²) < 4.78 is 1.44. The summed E-state index contributed by atoms with van der Waals surface area (Å²) in [7, 11) is 0. The summed E-state index contributed by atoms with van der Waals surface area (Å²) in [5.74, 6) is 0.455. The van der Waals surface area contributed by atoms with Crippen LogP contribution in [0.3, 0.4) is 0 Å². The quantitative estimate of drug-likeness (QED) is 0.682. The van der Waals surface area contributed by atoms with E-state index < -0.39 is 0 Å². The molecule has 4 rings (SSSR count). The molecular weight excluding hydrogens is 302 g/mol. The molecule has 0 amide bonds. The first-order chi connectivity index (χ1) is 11.7. The first-order valence-electron chi connectivity index (χ1n) is 8.03. The van der Waals surface area contributed by atoms with E-state index in [9.17, 15) is 9.59 Å². The van der Waals surface area contributed by atoms with Gasteiger partial charge in [0.2, 0.25) is 0 Å². The molecule has 120 valence electrons. The van der Waals surface area contributed by atoms with E-state index in [-0.39, 0.29) is 11.1 Å². The van der Waals surface area contributed by atoms with E-state index in [2.05, 4.69) is 11.1 Å². The van der Waals surface area contributed by atoms with Gasteiger partial charge in [-0.15, -0.1) is 0 Å². The van der Waals surface area contributed by atoms with Crippen LogP contribution >= 0.6 is 0 Å². The second-order valence-electron chi connectivity index (χ2n) is 6.04. The molecule has 0 saturated carbocycles. The van der Waals surface area contributed by atoms with Crippen LogP contribution in [0.5, 0.6) is 0 Å². The molecular formula is C19H17N3O2. The summed E-state index contributed by atoms with van der Waals surface area (Å²) in [6.45, 7) is 2.66. The monoisotopic (exact) mass is 319 g/mol. The molecule has 5 nitrogen and oxygen atoms in total. The predicted molar refractivity (Wildman–Crippen MR) is 93.4 cm³/mol. The number of hydrogen-bond donors (Lipinski definition) is 0. The van der Waals surface area contributed by atoms with Gasteiger partial charge in [-0.05, 0) is 43.0 Å². The highest BCUT2D eigenvalue weighted by molar-refractivity contribution is 5.86. The van der Waals surface area contributed by atoms with Crippen LogP contribution in [0.25, 0.3) is 5.65 Å². The summed E-state index contributed by atoms with van der Waals surface area (Å²) in [6.07, 6.45) is 4.23. The molecule has 1 aromatic carbocycles. The van der Waals surface area contributed by atoms with Gasteiger partial charge in [-0.1, -0.05) is 24.3 Å². The van der Waals surface area contributed by atoms with Gasteiger partial charge in [0.25, 0.3) is 5.56 Å². The number of para-hydroxylation sites is 1. The van der Waals surface area contributed by atoms with Crippen LogP contribution in [0.15, 0.2) is 47.4 Å². The number of benzene rings is 1. The van der Waals surface area contributed by atoms with Crippen molar-refractivity contribution in [1.82, 2.24) is 9.38 Å². The molecule has 0 spiro atoms. The summed E-state index contributed by atoms with van der Waals surface area (Å²) >= 11 is 0. The molecule has 3 aromatic rings. The molecule has 0 unspecified atom stereocenters. The molecule has 5 heteroatoms. The number of aromatic nitrogens is 2. The predicted octanol–water partition coefficient (Wildman–Crippen LogP) is 2.90. The Kier molecular flexibility index (Phi) is 3.41. The summed E-state index contributed by atoms with van der Waals surface area (Å²) in [6, 6.07) is 11.8. The lowest BCUT2D eigenvalue weighted by atomic mass is 10.0. The fourth-order valence-corrected chi connectivity index (χ4v) is 3.36. The summed E-state index contributed by atoms with van der Waals surface area (Å²) in [4.78, 5) is 31.1. The van der Waals surface area contributed by atoms with E-state index in [4.69, 9.17) is 0 Å². The van der Waals surface area contributed by atoms with Gasteiger partial charge in [0.15, 0.2) is 12.1 Å². The number of aldehydes is 1. The maximum Gasteiger partial charge on any atom is 0.270 e. The number of aryl methyl sites for hydroxylation is 2. The van der Waals surface area contributed by atoms with Crippen molar-refractivity contribution in [3.05, 3.63) is 69.6 Å². The van der Waals surface area contributed by atoms with Gasteiger partial charge < -0.3 is 4.90 Å². The Bertz CT molecular complexity index is 1010. The average molecular weight is 319 g/mol. The van der Waals surface area contributed by atoms with E-state index in [1.807, 2.05) is 36.1 Å². The van der Waals surface area contributed by atoms with E-state index in [1.165, 1.54) is 9.96 Å². The van der Waals surface area contributed by atoms with E-state index in [1.54, 1.807) is 12.3 Å². The maximum atomic E-state index is 12.8. The van der Waals surface area contributed by atoms with Crippen molar-refractivity contribution < 1.29 is 4.79 Å². The maximum absolute atomic E-state index is 12.8. The molecule has 0 atom stereocenters. The van der Waals surface area contributed by atoms with Gasteiger partial charge in [0, 0.05) is 18.4 Å². The Morgan fingerprint density at radius 2 is 2.00 bits per heavy atom. The van der Waals surface area contributed by atoms with E-state index >= 15 is 0 Å². The zero-order chi connectivity index (χ0) is 16.7. The smallest absolute Gasteiger partial charge is 0.270 e. The second-order valence-corrected chi connectivity index (χ2v) is 6.04. The van der Waals surface area contributed by atoms with Crippen molar-refractivity contribution in [1.29, 1.82) is 0 Å². The molecule has 0 fully saturated rings. The normalized spacial score (nSPS) is 13.8. The number of rotatable bonds is 2. The molecule has 1 aliphatic heterocycles. The number of fused-ring (bicyclic) bond motifs is 2. The van der Waals surface area contributed by atoms with Gasteiger partial charge in [-0.3, -0.25) is 14.0 Å². The zero-order valence-corrected chi connectivity index (χ0v) is 13.4. The highest BCUT2D eigenvalue weighted by atomic mass is 16.1. The molecule has 3 heterocycles. The second kappa shape index (κ2) is 5.60. The van der Waals surface area contributed by atoms with Crippen molar-refractivity contribution in [3.63, 3.8) is 0 Å². The minimum atomic E-state index is -0.322. The Hall–Kier alpha value is -2.95. The van der Waals surface area contributed by atoms with Crippen LogP contribution in [-0.2, 0) is 6.42 Å². The number of nitrogens with zero attached hydrogens (tertiary/aromatic N) is 3. The first-order valence-corrected chi connectivity index (χ1v) is 8.03. The Labute approximate surface area is 139 Å². The number of carbonyl (C=O) groups excluding carboxylic acids is 1. The Morgan fingerprint density at radius 3 is 2.83 bits per heavy atom. The largest absolute Gasteiger partial charge is 0.325 e. The molecule has 0 saturated heterocycles. The van der Waals surface area contributed by atoms with Gasteiger partial charge in [-0.2, -0.15) is 0 Å². The minimum Gasteiger partial charge on any atom is -0.325 e. The van der Waals surface area contributed by atoms with Crippen LogP contribution in [0.2, 0.25) is 0 Å². The highest BCUT2D eigenvalue weighted by Gasteiger charge is 2.24. The van der Waals surface area contributed by atoms with Crippen LogP contribution in [-0.4, -0.2) is 22.2 Å². The SMILES string of the molecule is Cc1cccn2c(=O)c(C=O)c(N3CCCc4ccccc43)nc12. The minimum absolute atomic E-state index is 0.106. The Morgan fingerprint density at radius 1 is 1.17 bits per heavy atom. The molecule has 0 N–H and O–H groups in total. The van der Waals surface area contributed by atoms with Crippen LogP contribution in [0, 0.1) is 6.92 Å². The van der Waals surface area contributed by atoms with Crippen molar-refractivity contribution in [3.8, 4) is 0 Å². The molecule has 0 radical (unpaired) electrons. The van der Waals surface area contributed by atoms with E-state index in [0.29, 0.717) is 17.8 Å². The van der Waals surface area contributed by atoms with Crippen LogP contribution in [0.4, 0.5) is 11.5 Å². The van der Waals surface area contributed by atoms with E-state index in [0.717, 1.165) is 30.6 Å². The lowest BCUT2D eigenvalue weighted by Gasteiger charge is -2.31. The van der Waals surface area contributed by atoms with Crippen molar-refractivity contribution in [2.45, 2.75) is 19.8 Å². The first kappa shape index (κ1) is 14.6. The molecule has 2 aromatic heterocycles. The molecule has 1 aliphatic rings. The Balaban J connectivity index is 2.03. The lowest BCUT2D eigenvalue weighted by Crippen LogP contribution is -2.30. The van der Waals surface area contributed by atoms with Crippen LogP contribution in [0.1, 0.15) is 27.9 Å². The lowest BCUT2D eigenvalue weighted by molar-refractivity contribution is 0.112. The summed E-state index contributed by atoms with van der Waals surface area (Å²) in [5, 5.41) is 0. The fourth-order valence-electron chi connectivity index (χ4n) is 3.36.